The zero-order valence-corrected chi connectivity index (χ0v) is 12.7. The topological polar surface area (TPSA) is 45.7 Å². The van der Waals surface area contributed by atoms with E-state index >= 15 is 0 Å². The van der Waals surface area contributed by atoms with Crippen LogP contribution >= 0.6 is 15.9 Å². The molecule has 1 aromatic rings. The Labute approximate surface area is 123 Å². The summed E-state index contributed by atoms with van der Waals surface area (Å²) in [5, 5.41) is 6.29. The van der Waals surface area contributed by atoms with Crippen molar-refractivity contribution >= 4 is 21.9 Å². The van der Waals surface area contributed by atoms with Crippen LogP contribution in [0.5, 0.6) is 5.75 Å². The third kappa shape index (κ3) is 6.86. The molecule has 19 heavy (non-hydrogen) atoms. The molecule has 0 fully saturated rings. The molecule has 0 saturated carbocycles. The van der Waals surface area contributed by atoms with Crippen molar-refractivity contribution in [2.45, 2.75) is 6.92 Å². The fourth-order valence-corrected chi connectivity index (χ4v) is 1.77. The number of aliphatic imine (C=N–C) groups is 1. The van der Waals surface area contributed by atoms with Crippen LogP contribution in [-0.4, -0.2) is 32.2 Å². The third-order valence-electron chi connectivity index (χ3n) is 2.18. The van der Waals surface area contributed by atoms with Gasteiger partial charge in [-0.15, -0.1) is 6.58 Å². The molecule has 1 rings (SSSR count). The van der Waals surface area contributed by atoms with Crippen LogP contribution in [0.4, 0.5) is 0 Å². The quantitative estimate of drug-likeness (QED) is 0.350. The van der Waals surface area contributed by atoms with Crippen molar-refractivity contribution in [3.63, 3.8) is 0 Å². The largest absolute Gasteiger partial charge is 0.492 e. The first-order valence-corrected chi connectivity index (χ1v) is 7.07. The molecule has 0 aromatic heterocycles. The number of hydrogen-bond donors (Lipinski definition) is 2. The molecule has 0 atom stereocenters. The molecule has 0 amide bonds. The molecule has 0 bridgehead atoms. The van der Waals surface area contributed by atoms with Gasteiger partial charge in [-0.1, -0.05) is 28.1 Å². The summed E-state index contributed by atoms with van der Waals surface area (Å²) in [4.78, 5) is 4.40. The van der Waals surface area contributed by atoms with Gasteiger partial charge in [0.2, 0.25) is 0 Å². The molecule has 5 heteroatoms. The van der Waals surface area contributed by atoms with Gasteiger partial charge in [-0.25, -0.2) is 4.99 Å². The first-order chi connectivity index (χ1) is 9.26. The molecule has 0 radical (unpaired) electrons. The maximum atomic E-state index is 5.61. The van der Waals surface area contributed by atoms with Gasteiger partial charge in [0.15, 0.2) is 5.96 Å². The predicted octanol–water partition coefficient (Wildman–Crippen LogP) is 2.57. The summed E-state index contributed by atoms with van der Waals surface area (Å²) in [6, 6.07) is 7.77. The van der Waals surface area contributed by atoms with Gasteiger partial charge in [-0.05, 0) is 25.1 Å². The van der Waals surface area contributed by atoms with Gasteiger partial charge in [-0.2, -0.15) is 0 Å². The molecule has 4 nitrogen and oxygen atoms in total. The highest BCUT2D eigenvalue weighted by atomic mass is 79.9. The van der Waals surface area contributed by atoms with Crippen LogP contribution in [0.25, 0.3) is 0 Å². The van der Waals surface area contributed by atoms with E-state index < -0.39 is 0 Å². The SMILES string of the molecule is C=CCNC(=NCCOc1cccc(Br)c1)NCC. The molecule has 0 spiro atoms. The van der Waals surface area contributed by atoms with Crippen LogP contribution in [-0.2, 0) is 0 Å². The zero-order chi connectivity index (χ0) is 13.9. The van der Waals surface area contributed by atoms with Gasteiger partial charge in [-0.3, -0.25) is 0 Å². The van der Waals surface area contributed by atoms with E-state index in [0.29, 0.717) is 19.7 Å². The molecule has 0 saturated heterocycles. The minimum absolute atomic E-state index is 0.543. The van der Waals surface area contributed by atoms with Crippen LogP contribution in [0.3, 0.4) is 0 Å². The number of rotatable bonds is 7. The van der Waals surface area contributed by atoms with E-state index in [9.17, 15) is 0 Å². The van der Waals surface area contributed by atoms with Crippen molar-refractivity contribution in [2.24, 2.45) is 4.99 Å². The summed E-state index contributed by atoms with van der Waals surface area (Å²) in [5.74, 6) is 1.62. The molecular weight excluding hydrogens is 306 g/mol. The van der Waals surface area contributed by atoms with Crippen molar-refractivity contribution in [3.8, 4) is 5.75 Å². The van der Waals surface area contributed by atoms with Crippen molar-refractivity contribution in [2.75, 3.05) is 26.2 Å². The highest BCUT2D eigenvalue weighted by Crippen LogP contribution is 2.17. The minimum Gasteiger partial charge on any atom is -0.492 e. The van der Waals surface area contributed by atoms with Gasteiger partial charge < -0.3 is 15.4 Å². The number of hydrogen-bond acceptors (Lipinski definition) is 2. The summed E-state index contributed by atoms with van der Waals surface area (Å²) < 4.78 is 6.62. The van der Waals surface area contributed by atoms with E-state index in [1.165, 1.54) is 0 Å². The fraction of sp³-hybridized carbons (Fsp3) is 0.357. The highest BCUT2D eigenvalue weighted by molar-refractivity contribution is 9.10. The van der Waals surface area contributed by atoms with Gasteiger partial charge in [0, 0.05) is 17.6 Å². The van der Waals surface area contributed by atoms with Crippen LogP contribution < -0.4 is 15.4 Å². The summed E-state index contributed by atoms with van der Waals surface area (Å²) in [6.45, 7) is 8.35. The Morgan fingerprint density at radius 1 is 1.47 bits per heavy atom. The maximum absolute atomic E-state index is 5.61. The molecule has 0 aliphatic rings. The first-order valence-electron chi connectivity index (χ1n) is 6.27. The van der Waals surface area contributed by atoms with E-state index in [-0.39, 0.29) is 0 Å². The molecular formula is C14H20BrN3O. The minimum atomic E-state index is 0.543. The Balaban J connectivity index is 2.35. The fourth-order valence-electron chi connectivity index (χ4n) is 1.39. The number of benzene rings is 1. The zero-order valence-electron chi connectivity index (χ0n) is 11.2. The van der Waals surface area contributed by atoms with Gasteiger partial charge in [0.25, 0.3) is 0 Å². The molecule has 0 heterocycles. The average Bonchev–Trinajstić information content (AvgIpc) is 2.41. The van der Waals surface area contributed by atoms with E-state index in [2.05, 4.69) is 38.1 Å². The number of ether oxygens (including phenoxy) is 1. The van der Waals surface area contributed by atoms with Crippen molar-refractivity contribution in [3.05, 3.63) is 41.4 Å². The van der Waals surface area contributed by atoms with Gasteiger partial charge >= 0.3 is 0 Å². The lowest BCUT2D eigenvalue weighted by Crippen LogP contribution is -2.37. The van der Waals surface area contributed by atoms with Crippen LogP contribution in [0.15, 0.2) is 46.4 Å². The summed E-state index contributed by atoms with van der Waals surface area (Å²) in [7, 11) is 0. The lowest BCUT2D eigenvalue weighted by molar-refractivity contribution is 0.328. The predicted molar refractivity (Wildman–Crippen MR) is 83.8 cm³/mol. The Bertz CT molecular complexity index is 421. The third-order valence-corrected chi connectivity index (χ3v) is 2.68. The standard InChI is InChI=1S/C14H20BrN3O/c1-3-8-17-14(16-4-2)18-9-10-19-13-7-5-6-12(15)11-13/h3,5-7,11H,1,4,8-10H2,2H3,(H2,16,17,18). The Hall–Kier alpha value is -1.49. The number of nitrogens with one attached hydrogen (secondary N) is 2. The molecule has 0 aliphatic heterocycles. The number of nitrogens with zero attached hydrogens (tertiary/aromatic N) is 1. The summed E-state index contributed by atoms with van der Waals surface area (Å²) in [6.07, 6.45) is 1.80. The van der Waals surface area contributed by atoms with Crippen molar-refractivity contribution in [1.82, 2.24) is 10.6 Å². The Morgan fingerprint density at radius 3 is 3.00 bits per heavy atom. The molecule has 1 aromatic carbocycles. The lowest BCUT2D eigenvalue weighted by Gasteiger charge is -2.10. The molecule has 0 aliphatic carbocycles. The van der Waals surface area contributed by atoms with E-state index in [0.717, 1.165) is 22.7 Å². The van der Waals surface area contributed by atoms with Crippen LogP contribution in [0, 0.1) is 0 Å². The summed E-state index contributed by atoms with van der Waals surface area (Å²) in [5.41, 5.74) is 0. The molecule has 2 N–H and O–H groups in total. The second kappa shape index (κ2) is 9.44. The number of halogens is 1. The number of guanidine groups is 1. The Morgan fingerprint density at radius 2 is 2.32 bits per heavy atom. The van der Waals surface area contributed by atoms with Crippen LogP contribution in [0.1, 0.15) is 6.92 Å². The van der Waals surface area contributed by atoms with Gasteiger partial charge in [0.1, 0.15) is 12.4 Å². The van der Waals surface area contributed by atoms with E-state index in [1.54, 1.807) is 6.08 Å². The highest BCUT2D eigenvalue weighted by Gasteiger charge is 1.96. The second-order valence-corrected chi connectivity index (χ2v) is 4.65. The lowest BCUT2D eigenvalue weighted by atomic mass is 10.3. The summed E-state index contributed by atoms with van der Waals surface area (Å²) >= 11 is 3.41. The monoisotopic (exact) mass is 325 g/mol. The average molecular weight is 326 g/mol. The van der Waals surface area contributed by atoms with Crippen molar-refractivity contribution < 1.29 is 4.74 Å². The van der Waals surface area contributed by atoms with Crippen molar-refractivity contribution in [1.29, 1.82) is 0 Å². The second-order valence-electron chi connectivity index (χ2n) is 3.74. The Kier molecular flexibility index (Phi) is 7.74. The van der Waals surface area contributed by atoms with Crippen LogP contribution in [0.2, 0.25) is 0 Å². The first kappa shape index (κ1) is 15.6. The van der Waals surface area contributed by atoms with E-state index in [4.69, 9.17) is 4.74 Å². The molecule has 104 valence electrons. The normalized spacial score (nSPS) is 10.9. The van der Waals surface area contributed by atoms with Gasteiger partial charge in [0.05, 0.1) is 6.54 Å². The maximum Gasteiger partial charge on any atom is 0.191 e. The molecule has 0 unspecified atom stereocenters. The smallest absolute Gasteiger partial charge is 0.191 e. The van der Waals surface area contributed by atoms with E-state index in [1.807, 2.05) is 31.2 Å².